The third-order valence-corrected chi connectivity index (χ3v) is 3.51. The molecule has 112 valence electrons. The maximum Gasteiger partial charge on any atom is 0.219 e. The number of rotatable bonds is 3. The van der Waals surface area contributed by atoms with Gasteiger partial charge in [-0.15, -0.1) is 0 Å². The van der Waals surface area contributed by atoms with Gasteiger partial charge in [-0.1, -0.05) is 26.8 Å². The topological polar surface area (TPSA) is 42.4 Å². The molecule has 0 radical (unpaired) electrons. The molecule has 0 aliphatic rings. The molecule has 3 heteroatoms. The summed E-state index contributed by atoms with van der Waals surface area (Å²) in [7, 11) is 0. The van der Waals surface area contributed by atoms with Crippen LogP contribution in [0.2, 0.25) is 0 Å². The number of hydrogen-bond acceptors (Lipinski definition) is 3. The zero-order chi connectivity index (χ0) is 15.6. The maximum absolute atomic E-state index is 9.42. The van der Waals surface area contributed by atoms with Gasteiger partial charge >= 0.3 is 0 Å². The van der Waals surface area contributed by atoms with Crippen molar-refractivity contribution in [2.45, 2.75) is 46.6 Å². The predicted molar refractivity (Wildman–Crippen MR) is 84.8 cm³/mol. The average Bonchev–Trinajstić information content (AvgIpc) is 2.41. The molecular weight excluding hydrogens is 262 g/mol. The van der Waals surface area contributed by atoms with E-state index in [0.717, 1.165) is 17.0 Å². The van der Waals surface area contributed by atoms with Crippen LogP contribution in [0.1, 0.15) is 43.2 Å². The van der Waals surface area contributed by atoms with Crippen LogP contribution in [-0.4, -0.2) is 10.1 Å². The molecule has 2 rings (SSSR count). The summed E-state index contributed by atoms with van der Waals surface area (Å²) in [6.07, 6.45) is 0. The lowest BCUT2D eigenvalue weighted by Gasteiger charge is -2.19. The van der Waals surface area contributed by atoms with Crippen molar-refractivity contribution in [3.05, 3.63) is 52.7 Å². The van der Waals surface area contributed by atoms with Gasteiger partial charge in [0.15, 0.2) is 0 Å². The van der Waals surface area contributed by atoms with E-state index in [1.165, 1.54) is 11.1 Å². The second kappa shape index (κ2) is 5.86. The zero-order valence-electron chi connectivity index (χ0n) is 13.4. The Bertz CT molecular complexity index is 642. The van der Waals surface area contributed by atoms with Crippen molar-refractivity contribution in [2.75, 3.05) is 0 Å². The van der Waals surface area contributed by atoms with E-state index in [-0.39, 0.29) is 12.0 Å². The Kier molecular flexibility index (Phi) is 4.33. The van der Waals surface area contributed by atoms with E-state index in [1.54, 1.807) is 6.07 Å². The Balaban J connectivity index is 2.36. The predicted octanol–water partition coefficient (Wildman–Crippen LogP) is 4.28. The molecule has 0 aliphatic carbocycles. The van der Waals surface area contributed by atoms with Crippen molar-refractivity contribution >= 4 is 0 Å². The number of aliphatic hydroxyl groups is 1. The van der Waals surface area contributed by atoms with Gasteiger partial charge < -0.3 is 9.84 Å². The van der Waals surface area contributed by atoms with E-state index in [2.05, 4.69) is 39.6 Å². The highest BCUT2D eigenvalue weighted by atomic mass is 16.5. The lowest BCUT2D eigenvalue weighted by atomic mass is 9.91. The fraction of sp³-hybridized carbons (Fsp3) is 0.389. The molecule has 1 N–H and O–H groups in total. The van der Waals surface area contributed by atoms with Crippen LogP contribution < -0.4 is 4.74 Å². The van der Waals surface area contributed by atoms with E-state index in [0.29, 0.717) is 5.88 Å². The summed E-state index contributed by atoms with van der Waals surface area (Å²) < 4.78 is 5.87. The first-order chi connectivity index (χ1) is 9.79. The fourth-order valence-corrected chi connectivity index (χ4v) is 1.99. The molecule has 1 heterocycles. The molecule has 0 bridgehead atoms. The Hall–Kier alpha value is -1.87. The third kappa shape index (κ3) is 3.82. The Morgan fingerprint density at radius 2 is 1.76 bits per heavy atom. The zero-order valence-corrected chi connectivity index (χ0v) is 13.4. The quantitative estimate of drug-likeness (QED) is 0.915. The van der Waals surface area contributed by atoms with Crippen LogP contribution in [0.5, 0.6) is 11.6 Å². The van der Waals surface area contributed by atoms with Crippen molar-refractivity contribution in [3.63, 3.8) is 0 Å². The standard InChI is InChI=1S/C18H23NO2/c1-12-6-7-15(8-13(12)2)21-17-10-14(11-20)9-16(19-17)18(3,4)5/h6-10,20H,11H2,1-5H3. The Morgan fingerprint density at radius 3 is 2.33 bits per heavy atom. The number of aryl methyl sites for hydroxylation is 2. The number of benzene rings is 1. The Morgan fingerprint density at radius 1 is 1.05 bits per heavy atom. The minimum Gasteiger partial charge on any atom is -0.439 e. The summed E-state index contributed by atoms with van der Waals surface area (Å²) in [5, 5.41) is 9.42. The fourth-order valence-electron chi connectivity index (χ4n) is 1.99. The van der Waals surface area contributed by atoms with Gasteiger partial charge in [0.05, 0.1) is 12.3 Å². The van der Waals surface area contributed by atoms with E-state index < -0.39 is 0 Å². The first kappa shape index (κ1) is 15.5. The molecule has 0 atom stereocenters. The summed E-state index contributed by atoms with van der Waals surface area (Å²) in [6, 6.07) is 9.68. The first-order valence-electron chi connectivity index (χ1n) is 7.17. The van der Waals surface area contributed by atoms with Gasteiger partial charge in [0.25, 0.3) is 0 Å². The molecule has 0 spiro atoms. The number of aromatic nitrogens is 1. The minimum atomic E-state index is -0.0908. The van der Waals surface area contributed by atoms with Gasteiger partial charge in [-0.2, -0.15) is 0 Å². The van der Waals surface area contributed by atoms with Crippen LogP contribution in [-0.2, 0) is 12.0 Å². The molecule has 0 aliphatic heterocycles. The van der Waals surface area contributed by atoms with E-state index in [1.807, 2.05) is 24.3 Å². The molecule has 21 heavy (non-hydrogen) atoms. The van der Waals surface area contributed by atoms with Crippen LogP contribution in [0.4, 0.5) is 0 Å². The lowest BCUT2D eigenvalue weighted by molar-refractivity contribution is 0.280. The van der Waals surface area contributed by atoms with Crippen LogP contribution in [0.25, 0.3) is 0 Å². The third-order valence-electron chi connectivity index (χ3n) is 3.51. The molecule has 3 nitrogen and oxygen atoms in total. The van der Waals surface area contributed by atoms with Crippen LogP contribution >= 0.6 is 0 Å². The van der Waals surface area contributed by atoms with Gasteiger partial charge in [-0.05, 0) is 48.7 Å². The number of ether oxygens (including phenoxy) is 1. The molecular formula is C18H23NO2. The van der Waals surface area contributed by atoms with Crippen molar-refractivity contribution in [2.24, 2.45) is 0 Å². The van der Waals surface area contributed by atoms with Gasteiger partial charge in [0.1, 0.15) is 5.75 Å². The number of pyridine rings is 1. The van der Waals surface area contributed by atoms with Crippen LogP contribution in [0.15, 0.2) is 30.3 Å². The summed E-state index contributed by atoms with van der Waals surface area (Å²) in [5.41, 5.74) is 4.05. The second-order valence-electron chi connectivity index (χ2n) is 6.46. The number of aliphatic hydroxyl groups excluding tert-OH is 1. The summed E-state index contributed by atoms with van der Waals surface area (Å²) in [6.45, 7) is 10.4. The lowest BCUT2D eigenvalue weighted by Crippen LogP contribution is -2.14. The summed E-state index contributed by atoms with van der Waals surface area (Å²) in [4.78, 5) is 4.57. The molecule has 0 unspecified atom stereocenters. The smallest absolute Gasteiger partial charge is 0.219 e. The number of nitrogens with zero attached hydrogens (tertiary/aromatic N) is 1. The molecule has 0 saturated heterocycles. The molecule has 1 aromatic carbocycles. The van der Waals surface area contributed by atoms with Gasteiger partial charge in [0.2, 0.25) is 5.88 Å². The van der Waals surface area contributed by atoms with E-state index >= 15 is 0 Å². The van der Waals surface area contributed by atoms with Gasteiger partial charge in [-0.25, -0.2) is 4.98 Å². The van der Waals surface area contributed by atoms with Crippen LogP contribution in [0.3, 0.4) is 0 Å². The molecule has 2 aromatic rings. The SMILES string of the molecule is Cc1ccc(Oc2cc(CO)cc(C(C)(C)C)n2)cc1C. The largest absolute Gasteiger partial charge is 0.439 e. The molecule has 0 fully saturated rings. The van der Waals surface area contributed by atoms with Crippen molar-refractivity contribution < 1.29 is 9.84 Å². The van der Waals surface area contributed by atoms with Crippen LogP contribution in [0, 0.1) is 13.8 Å². The summed E-state index contributed by atoms with van der Waals surface area (Å²) in [5.74, 6) is 1.29. The summed E-state index contributed by atoms with van der Waals surface area (Å²) >= 11 is 0. The molecule has 1 aromatic heterocycles. The van der Waals surface area contributed by atoms with E-state index in [4.69, 9.17) is 4.74 Å². The van der Waals surface area contributed by atoms with Gasteiger partial charge in [-0.3, -0.25) is 0 Å². The second-order valence-corrected chi connectivity index (χ2v) is 6.46. The van der Waals surface area contributed by atoms with Crippen molar-refractivity contribution in [3.8, 4) is 11.6 Å². The minimum absolute atomic E-state index is 0.0190. The molecule has 0 amide bonds. The van der Waals surface area contributed by atoms with Crippen molar-refractivity contribution in [1.29, 1.82) is 0 Å². The number of hydrogen-bond donors (Lipinski definition) is 1. The van der Waals surface area contributed by atoms with E-state index in [9.17, 15) is 5.11 Å². The highest BCUT2D eigenvalue weighted by Crippen LogP contribution is 2.27. The highest BCUT2D eigenvalue weighted by molar-refractivity contribution is 5.37. The van der Waals surface area contributed by atoms with Gasteiger partial charge in [0, 0.05) is 11.5 Å². The first-order valence-corrected chi connectivity index (χ1v) is 7.17. The normalized spacial score (nSPS) is 11.5. The Labute approximate surface area is 126 Å². The molecule has 0 saturated carbocycles. The highest BCUT2D eigenvalue weighted by Gasteiger charge is 2.17. The van der Waals surface area contributed by atoms with Crippen molar-refractivity contribution in [1.82, 2.24) is 4.98 Å². The maximum atomic E-state index is 9.42. The average molecular weight is 285 g/mol. The monoisotopic (exact) mass is 285 g/mol.